The summed E-state index contributed by atoms with van der Waals surface area (Å²) in [6, 6.07) is 0.221. The zero-order chi connectivity index (χ0) is 11.1. The average molecular weight is 222 g/mol. The van der Waals surface area contributed by atoms with Crippen molar-refractivity contribution in [1.29, 1.82) is 0 Å². The van der Waals surface area contributed by atoms with Gasteiger partial charge in [0.1, 0.15) is 5.38 Å². The molecule has 0 aromatic rings. The number of carbonyl (C=O) groups excluding carboxylic acids is 1. The molecule has 0 aliphatic heterocycles. The van der Waals surface area contributed by atoms with Gasteiger partial charge in [0.25, 0.3) is 0 Å². The van der Waals surface area contributed by atoms with Crippen LogP contribution in [0.4, 0.5) is 0 Å². The van der Waals surface area contributed by atoms with Crippen molar-refractivity contribution in [2.75, 3.05) is 20.3 Å². The molecule has 3 nitrogen and oxygen atoms in total. The van der Waals surface area contributed by atoms with E-state index in [-0.39, 0.29) is 11.9 Å². The fraction of sp³-hybridized carbons (Fsp3) is 0.900. The SMILES string of the molecule is CCC(C)N(CCOC)C(=O)C(C)Cl. The summed E-state index contributed by atoms with van der Waals surface area (Å²) >= 11 is 5.77. The van der Waals surface area contributed by atoms with Crippen LogP contribution in [0.25, 0.3) is 0 Å². The number of hydrogen-bond donors (Lipinski definition) is 0. The third-order valence-corrected chi connectivity index (χ3v) is 2.47. The first-order chi connectivity index (χ1) is 6.54. The first-order valence-electron chi connectivity index (χ1n) is 4.98. The van der Waals surface area contributed by atoms with Gasteiger partial charge < -0.3 is 9.64 Å². The largest absolute Gasteiger partial charge is 0.383 e. The van der Waals surface area contributed by atoms with Crippen LogP contribution >= 0.6 is 11.6 Å². The van der Waals surface area contributed by atoms with Crippen LogP contribution in [0.15, 0.2) is 0 Å². The second kappa shape index (κ2) is 7.07. The fourth-order valence-electron chi connectivity index (χ4n) is 1.19. The summed E-state index contributed by atoms with van der Waals surface area (Å²) in [7, 11) is 1.63. The molecule has 0 bridgehead atoms. The van der Waals surface area contributed by atoms with E-state index in [1.165, 1.54) is 0 Å². The van der Waals surface area contributed by atoms with E-state index in [2.05, 4.69) is 6.92 Å². The molecular formula is C10H20ClNO2. The Kier molecular flexibility index (Phi) is 6.93. The summed E-state index contributed by atoms with van der Waals surface area (Å²) in [6.07, 6.45) is 0.930. The number of halogens is 1. The van der Waals surface area contributed by atoms with Crippen molar-refractivity contribution < 1.29 is 9.53 Å². The lowest BCUT2D eigenvalue weighted by atomic mass is 10.2. The Morgan fingerprint density at radius 1 is 1.50 bits per heavy atom. The second-order valence-electron chi connectivity index (χ2n) is 3.40. The molecule has 2 atom stereocenters. The van der Waals surface area contributed by atoms with Gasteiger partial charge in [0.15, 0.2) is 0 Å². The van der Waals surface area contributed by atoms with E-state index in [1.54, 1.807) is 18.9 Å². The van der Waals surface area contributed by atoms with Crippen molar-refractivity contribution in [3.05, 3.63) is 0 Å². The Morgan fingerprint density at radius 2 is 2.07 bits per heavy atom. The number of nitrogens with zero attached hydrogens (tertiary/aromatic N) is 1. The molecule has 2 unspecified atom stereocenters. The molecule has 0 aromatic carbocycles. The van der Waals surface area contributed by atoms with Crippen molar-refractivity contribution in [3.63, 3.8) is 0 Å². The maximum absolute atomic E-state index is 11.7. The van der Waals surface area contributed by atoms with Gasteiger partial charge in [-0.05, 0) is 20.3 Å². The Labute approximate surface area is 91.4 Å². The molecule has 0 spiro atoms. The molecule has 0 N–H and O–H groups in total. The van der Waals surface area contributed by atoms with Gasteiger partial charge in [-0.3, -0.25) is 4.79 Å². The van der Waals surface area contributed by atoms with Crippen LogP contribution < -0.4 is 0 Å². The summed E-state index contributed by atoms with van der Waals surface area (Å²) in [6.45, 7) is 6.94. The molecule has 0 aliphatic rings. The highest BCUT2D eigenvalue weighted by Crippen LogP contribution is 2.08. The van der Waals surface area contributed by atoms with Gasteiger partial charge in [0, 0.05) is 19.7 Å². The molecule has 1 amide bonds. The highest BCUT2D eigenvalue weighted by molar-refractivity contribution is 6.30. The quantitative estimate of drug-likeness (QED) is 0.641. The number of carbonyl (C=O) groups is 1. The number of ether oxygens (including phenoxy) is 1. The molecule has 4 heteroatoms. The summed E-state index contributed by atoms with van der Waals surface area (Å²) in [5.41, 5.74) is 0. The predicted octanol–water partition coefficient (Wildman–Crippen LogP) is 1.89. The van der Waals surface area contributed by atoms with Gasteiger partial charge in [-0.2, -0.15) is 0 Å². The predicted molar refractivity (Wildman–Crippen MR) is 58.7 cm³/mol. The first kappa shape index (κ1) is 13.7. The minimum absolute atomic E-state index is 0.0157. The number of rotatable bonds is 6. The summed E-state index contributed by atoms with van der Waals surface area (Å²) in [5, 5.41) is -0.458. The number of alkyl halides is 1. The normalized spacial score (nSPS) is 14.9. The molecule has 0 radical (unpaired) electrons. The van der Waals surface area contributed by atoms with Gasteiger partial charge in [0.2, 0.25) is 5.91 Å². The average Bonchev–Trinajstić information content (AvgIpc) is 2.17. The van der Waals surface area contributed by atoms with Crippen LogP contribution in [-0.2, 0) is 9.53 Å². The molecule has 14 heavy (non-hydrogen) atoms. The van der Waals surface area contributed by atoms with Gasteiger partial charge in [0.05, 0.1) is 6.61 Å². The van der Waals surface area contributed by atoms with E-state index in [0.717, 1.165) is 6.42 Å². The molecular weight excluding hydrogens is 202 g/mol. The number of methoxy groups -OCH3 is 1. The van der Waals surface area contributed by atoms with Crippen LogP contribution in [0.5, 0.6) is 0 Å². The van der Waals surface area contributed by atoms with Crippen molar-refractivity contribution in [3.8, 4) is 0 Å². The highest BCUT2D eigenvalue weighted by Gasteiger charge is 2.21. The molecule has 84 valence electrons. The minimum atomic E-state index is -0.458. The van der Waals surface area contributed by atoms with E-state index in [1.807, 2.05) is 6.92 Å². The zero-order valence-electron chi connectivity index (χ0n) is 9.42. The van der Waals surface area contributed by atoms with Crippen LogP contribution in [-0.4, -0.2) is 42.5 Å². The Hall–Kier alpha value is -0.280. The molecule has 0 aromatic heterocycles. The standard InChI is InChI=1S/C10H20ClNO2/c1-5-8(2)12(6-7-14-4)10(13)9(3)11/h8-9H,5-7H2,1-4H3. The Balaban J connectivity index is 4.30. The Morgan fingerprint density at radius 3 is 2.43 bits per heavy atom. The Bertz CT molecular complexity index is 174. The van der Waals surface area contributed by atoms with Crippen molar-refractivity contribution in [2.24, 2.45) is 0 Å². The number of hydrogen-bond acceptors (Lipinski definition) is 2. The van der Waals surface area contributed by atoms with E-state index in [0.29, 0.717) is 13.2 Å². The summed E-state index contributed by atoms with van der Waals surface area (Å²) in [4.78, 5) is 13.5. The lowest BCUT2D eigenvalue weighted by Crippen LogP contribution is -2.43. The molecule has 0 rings (SSSR count). The lowest BCUT2D eigenvalue weighted by molar-refractivity contribution is -0.133. The molecule has 0 saturated heterocycles. The van der Waals surface area contributed by atoms with Crippen LogP contribution in [0.1, 0.15) is 27.2 Å². The highest BCUT2D eigenvalue weighted by atomic mass is 35.5. The summed E-state index contributed by atoms with van der Waals surface area (Å²) < 4.78 is 4.96. The maximum Gasteiger partial charge on any atom is 0.240 e. The van der Waals surface area contributed by atoms with Crippen molar-refractivity contribution in [2.45, 2.75) is 38.6 Å². The topological polar surface area (TPSA) is 29.5 Å². The lowest BCUT2D eigenvalue weighted by Gasteiger charge is -2.29. The van der Waals surface area contributed by atoms with Gasteiger partial charge in [-0.1, -0.05) is 6.92 Å². The number of amides is 1. The van der Waals surface area contributed by atoms with Gasteiger partial charge >= 0.3 is 0 Å². The first-order valence-corrected chi connectivity index (χ1v) is 5.41. The van der Waals surface area contributed by atoms with Gasteiger partial charge in [-0.15, -0.1) is 11.6 Å². The third-order valence-electron chi connectivity index (χ3n) is 2.28. The molecule has 0 saturated carbocycles. The van der Waals surface area contributed by atoms with E-state index < -0.39 is 5.38 Å². The van der Waals surface area contributed by atoms with Crippen molar-refractivity contribution in [1.82, 2.24) is 4.90 Å². The van der Waals surface area contributed by atoms with E-state index in [9.17, 15) is 4.79 Å². The van der Waals surface area contributed by atoms with Crippen molar-refractivity contribution >= 4 is 17.5 Å². The smallest absolute Gasteiger partial charge is 0.240 e. The van der Waals surface area contributed by atoms with E-state index >= 15 is 0 Å². The van der Waals surface area contributed by atoms with Crippen LogP contribution in [0.3, 0.4) is 0 Å². The third kappa shape index (κ3) is 4.29. The molecule has 0 aliphatic carbocycles. The monoisotopic (exact) mass is 221 g/mol. The van der Waals surface area contributed by atoms with Gasteiger partial charge in [-0.25, -0.2) is 0 Å². The fourth-order valence-corrected chi connectivity index (χ4v) is 1.31. The van der Waals surface area contributed by atoms with Crippen LogP contribution in [0, 0.1) is 0 Å². The minimum Gasteiger partial charge on any atom is -0.383 e. The summed E-state index contributed by atoms with van der Waals surface area (Å²) in [5.74, 6) is -0.0157. The van der Waals surface area contributed by atoms with Crippen LogP contribution in [0.2, 0.25) is 0 Å². The second-order valence-corrected chi connectivity index (χ2v) is 4.05. The zero-order valence-corrected chi connectivity index (χ0v) is 10.2. The molecule has 0 fully saturated rings. The maximum atomic E-state index is 11.7. The molecule has 0 heterocycles. The van der Waals surface area contributed by atoms with E-state index in [4.69, 9.17) is 16.3 Å².